The Morgan fingerprint density at radius 3 is 2.18 bits per heavy atom. The summed E-state index contributed by atoms with van der Waals surface area (Å²) in [5, 5.41) is 2.25. The zero-order valence-electron chi connectivity index (χ0n) is 37.2. The molecule has 1 aliphatic carbocycles. The largest absolute Gasteiger partial charge is 2.00 e. The number of aliphatic imine (C=N–C) groups is 1. The first-order valence-corrected chi connectivity index (χ1v) is 19.4. The predicted molar refractivity (Wildman–Crippen MR) is 224 cm³/mol. The van der Waals surface area contributed by atoms with Gasteiger partial charge in [-0.05, 0) is 79.0 Å². The first-order valence-electron chi connectivity index (χ1n) is 20.4. The van der Waals surface area contributed by atoms with E-state index in [0.29, 0.717) is 34.2 Å². The number of aryl methyl sites for hydroxylation is 4. The van der Waals surface area contributed by atoms with Crippen LogP contribution in [0.25, 0.3) is 27.6 Å². The Labute approximate surface area is 350 Å². The molecule has 8 rings (SSSR count). The number of aromatic nitrogens is 3. The molecule has 3 aromatic carbocycles. The Morgan fingerprint density at radius 2 is 1.50 bits per heavy atom. The van der Waals surface area contributed by atoms with Gasteiger partial charge in [-0.3, -0.25) is 9.98 Å². The molecule has 0 radical (unpaired) electrons. The Hall–Kier alpha value is -4.28. The van der Waals surface area contributed by atoms with Crippen LogP contribution in [0.1, 0.15) is 122 Å². The van der Waals surface area contributed by atoms with Crippen LogP contribution in [0.5, 0.6) is 11.5 Å². The van der Waals surface area contributed by atoms with Gasteiger partial charge >= 0.3 is 21.1 Å². The number of fused-ring (bicyclic) bond motifs is 6. The molecular formula is C49H54N4O2Pt. The van der Waals surface area contributed by atoms with Crippen molar-refractivity contribution >= 4 is 27.8 Å². The molecule has 56 heavy (non-hydrogen) atoms. The summed E-state index contributed by atoms with van der Waals surface area (Å²) >= 11 is 0. The molecule has 6 nitrogen and oxygen atoms in total. The standard InChI is InChI=1S/C49H54N4O2.Pt/c1-28-17-36(53-41-16-15-34(45(5,6)7)24-39(41)40-19-29(2)27-50-43(40)53)25-37(18-28)54-38-22-32(21-35(23-38)46(8,9)10)44-52-48(14)42-33(20-30(3)31(4)51-42)26-49(48,55-44)47(11,12)13;/h15-21,23-24,27H,26H2,1-14H3;/q-2;+2/t48-,49-;/m1./s1/i26D2;. The van der Waals surface area contributed by atoms with Crippen molar-refractivity contribution < 1.29 is 33.3 Å². The number of benzene rings is 3. The molecule has 0 saturated heterocycles. The molecule has 0 unspecified atom stereocenters. The fourth-order valence-corrected chi connectivity index (χ4v) is 8.28. The van der Waals surface area contributed by atoms with E-state index in [0.717, 1.165) is 55.6 Å². The van der Waals surface area contributed by atoms with Gasteiger partial charge in [-0.15, -0.1) is 29.8 Å². The van der Waals surface area contributed by atoms with Crippen LogP contribution in [-0.4, -0.2) is 26.0 Å². The summed E-state index contributed by atoms with van der Waals surface area (Å²) in [7, 11) is 0. The van der Waals surface area contributed by atoms with Gasteiger partial charge in [0.05, 0.1) is 11.2 Å². The van der Waals surface area contributed by atoms with Crippen LogP contribution >= 0.6 is 0 Å². The summed E-state index contributed by atoms with van der Waals surface area (Å²) in [5.41, 5.74) is 7.24. The summed E-state index contributed by atoms with van der Waals surface area (Å²) < 4.78 is 35.3. The third kappa shape index (κ3) is 6.31. The van der Waals surface area contributed by atoms with Crippen LogP contribution < -0.4 is 4.74 Å². The second-order valence-corrected chi connectivity index (χ2v) is 19.0. The normalized spacial score (nSPS) is 20.9. The van der Waals surface area contributed by atoms with Crippen LogP contribution in [0.3, 0.4) is 0 Å². The van der Waals surface area contributed by atoms with Gasteiger partial charge in [0.2, 0.25) is 0 Å². The quantitative estimate of drug-likeness (QED) is 0.165. The molecule has 1 aliphatic heterocycles. The van der Waals surface area contributed by atoms with E-state index in [4.69, 9.17) is 24.4 Å². The van der Waals surface area contributed by atoms with Gasteiger partial charge in [0.1, 0.15) is 22.7 Å². The third-order valence-electron chi connectivity index (χ3n) is 11.5. The molecule has 3 aromatic heterocycles. The van der Waals surface area contributed by atoms with Crippen LogP contribution in [0.2, 0.25) is 0 Å². The predicted octanol–water partition coefficient (Wildman–Crippen LogP) is 11.8. The van der Waals surface area contributed by atoms with E-state index in [1.807, 2.05) is 72.0 Å². The van der Waals surface area contributed by atoms with Crippen molar-refractivity contribution in [2.24, 2.45) is 10.4 Å². The minimum absolute atomic E-state index is 0. The van der Waals surface area contributed by atoms with Crippen LogP contribution in [0, 0.1) is 45.2 Å². The first kappa shape index (κ1) is 37.3. The van der Waals surface area contributed by atoms with Crippen molar-refractivity contribution in [3.63, 3.8) is 0 Å². The van der Waals surface area contributed by atoms with Gasteiger partial charge in [0.15, 0.2) is 0 Å². The molecule has 0 spiro atoms. The number of hydrogen-bond donors (Lipinski definition) is 0. The zero-order valence-corrected chi connectivity index (χ0v) is 37.5. The maximum absolute atomic E-state index is 9.71. The van der Waals surface area contributed by atoms with E-state index >= 15 is 0 Å². The summed E-state index contributed by atoms with van der Waals surface area (Å²) in [6.45, 7) is 29.3. The molecule has 4 heterocycles. The number of rotatable bonds is 4. The number of pyridine rings is 2. The maximum Gasteiger partial charge on any atom is 2.00 e. The monoisotopic (exact) mass is 927 g/mol. The third-order valence-corrected chi connectivity index (χ3v) is 11.5. The molecule has 292 valence electrons. The van der Waals surface area contributed by atoms with Crippen molar-refractivity contribution in [2.75, 3.05) is 0 Å². The number of nitrogens with zero attached hydrogens (tertiary/aromatic N) is 4. The van der Waals surface area contributed by atoms with Gasteiger partial charge in [-0.25, -0.2) is 4.98 Å². The van der Waals surface area contributed by atoms with E-state index in [1.165, 1.54) is 5.56 Å². The molecule has 0 N–H and O–H groups in total. The summed E-state index contributed by atoms with van der Waals surface area (Å²) in [6, 6.07) is 26.1. The number of ether oxygens (including phenoxy) is 2. The molecule has 0 bridgehead atoms. The Kier molecular flexibility index (Phi) is 8.75. The summed E-state index contributed by atoms with van der Waals surface area (Å²) in [4.78, 5) is 15.3. The van der Waals surface area contributed by atoms with Crippen molar-refractivity contribution in [3.05, 3.63) is 123 Å². The van der Waals surface area contributed by atoms with Crippen molar-refractivity contribution in [1.29, 1.82) is 0 Å². The molecule has 2 aliphatic rings. The van der Waals surface area contributed by atoms with Gasteiger partial charge < -0.3 is 14.0 Å². The zero-order chi connectivity index (χ0) is 41.4. The second-order valence-electron chi connectivity index (χ2n) is 19.0. The van der Waals surface area contributed by atoms with Gasteiger partial charge in [-0.1, -0.05) is 105 Å². The van der Waals surface area contributed by atoms with Crippen LogP contribution in [0.15, 0.2) is 65.8 Å². The molecule has 2 atom stereocenters. The van der Waals surface area contributed by atoms with Gasteiger partial charge in [0, 0.05) is 48.7 Å². The molecule has 7 heteroatoms. The van der Waals surface area contributed by atoms with Crippen molar-refractivity contribution in [2.45, 2.75) is 125 Å². The molecule has 0 amide bonds. The smallest absolute Gasteiger partial charge is 0.510 e. The fourth-order valence-electron chi connectivity index (χ4n) is 8.28. The average molecular weight is 928 g/mol. The number of hydrogen-bond acceptors (Lipinski definition) is 5. The topological polar surface area (TPSA) is 61.5 Å². The molecule has 6 aromatic rings. The Morgan fingerprint density at radius 1 is 0.804 bits per heavy atom. The first-order chi connectivity index (χ1) is 26.4. The molecule has 0 saturated carbocycles. The maximum atomic E-state index is 9.71. The van der Waals surface area contributed by atoms with E-state index in [2.05, 4.69) is 102 Å². The van der Waals surface area contributed by atoms with E-state index in [9.17, 15) is 2.74 Å². The van der Waals surface area contributed by atoms with E-state index < -0.39 is 22.9 Å². The average Bonchev–Trinajstić information content (AvgIpc) is 3.65. The van der Waals surface area contributed by atoms with E-state index in [1.54, 1.807) is 0 Å². The molecule has 0 fully saturated rings. The minimum Gasteiger partial charge on any atom is -0.510 e. The van der Waals surface area contributed by atoms with Gasteiger partial charge in [0.25, 0.3) is 0 Å². The van der Waals surface area contributed by atoms with Crippen LogP contribution in [-0.2, 0) is 48.5 Å². The van der Waals surface area contributed by atoms with Crippen LogP contribution in [0.4, 0.5) is 0 Å². The van der Waals surface area contributed by atoms with Gasteiger partial charge in [-0.2, -0.15) is 5.56 Å². The molecular weight excluding hydrogens is 872 g/mol. The summed E-state index contributed by atoms with van der Waals surface area (Å²) in [5.74, 6) is 1.35. The van der Waals surface area contributed by atoms with Crippen molar-refractivity contribution in [1.82, 2.24) is 14.5 Å². The minimum atomic E-state index is -1.89. The fraction of sp³-hybridized carbons (Fsp3) is 0.408. The van der Waals surface area contributed by atoms with E-state index in [-0.39, 0.29) is 31.9 Å². The second kappa shape index (κ2) is 13.1. The summed E-state index contributed by atoms with van der Waals surface area (Å²) in [6.07, 6.45) is 0.0211. The Balaban J connectivity index is 0.00000512. The SMILES string of the molecule is [2H]C1([2H])c2cc(C)c(C)nc2[C@@]2(C)N=C(c3[c-]c(Oc4[c-]c(-n5c6ccc(C(C)(C)C)cc6c6cc(C)cnc65)cc(C)c4)cc(C(C)(C)C)c3)O[C@@]12C(C)(C)C.[Pt+2]. The van der Waals surface area contributed by atoms with Crippen molar-refractivity contribution in [3.8, 4) is 17.2 Å². The Bertz CT molecular complexity index is 2700.